The molecule has 0 aliphatic carbocycles. The van der Waals surface area contributed by atoms with Crippen molar-refractivity contribution in [1.82, 2.24) is 19.5 Å². The molecule has 0 aliphatic heterocycles. The summed E-state index contributed by atoms with van der Waals surface area (Å²) >= 11 is 0. The zero-order chi connectivity index (χ0) is 17.5. The largest absolute Gasteiger partial charge is 0.249 e. The molecule has 0 atom stereocenters. The highest BCUT2D eigenvalue weighted by Crippen LogP contribution is 2.07. The van der Waals surface area contributed by atoms with Crippen molar-refractivity contribution in [3.05, 3.63) is 89.4 Å². The zero-order valence-corrected chi connectivity index (χ0v) is 14.3. The van der Waals surface area contributed by atoms with E-state index in [0.717, 1.165) is 16.7 Å². The minimum atomic E-state index is -3.48. The normalized spacial score (nSPS) is 11.8. The van der Waals surface area contributed by atoms with Gasteiger partial charge >= 0.3 is 0 Å². The first-order valence-corrected chi connectivity index (χ1v) is 9.28. The van der Waals surface area contributed by atoms with Crippen molar-refractivity contribution in [1.29, 1.82) is 0 Å². The van der Waals surface area contributed by atoms with E-state index in [1.54, 1.807) is 17.1 Å². The van der Waals surface area contributed by atoms with Gasteiger partial charge in [-0.15, -0.1) is 0 Å². The summed E-state index contributed by atoms with van der Waals surface area (Å²) in [5.41, 5.74) is 2.80. The van der Waals surface area contributed by atoms with E-state index in [9.17, 15) is 8.42 Å². The third-order valence-electron chi connectivity index (χ3n) is 3.55. The molecule has 0 saturated heterocycles. The molecule has 7 heteroatoms. The van der Waals surface area contributed by atoms with E-state index in [1.807, 2.05) is 54.6 Å². The van der Waals surface area contributed by atoms with E-state index in [0.29, 0.717) is 6.54 Å². The van der Waals surface area contributed by atoms with Crippen LogP contribution in [0.4, 0.5) is 0 Å². The fourth-order valence-electron chi connectivity index (χ4n) is 2.23. The molecule has 0 bridgehead atoms. The first-order valence-electron chi connectivity index (χ1n) is 7.74. The molecule has 6 nitrogen and oxygen atoms in total. The first kappa shape index (κ1) is 17.1. The fourth-order valence-corrected chi connectivity index (χ4v) is 3.03. The van der Waals surface area contributed by atoms with Crippen LogP contribution in [0.15, 0.2) is 72.7 Å². The van der Waals surface area contributed by atoms with Gasteiger partial charge in [0.25, 0.3) is 0 Å². The van der Waals surface area contributed by atoms with Crippen molar-refractivity contribution >= 4 is 16.1 Å². The van der Waals surface area contributed by atoms with Gasteiger partial charge in [-0.3, -0.25) is 0 Å². The Bertz CT molecular complexity index is 919. The maximum atomic E-state index is 12.0. The van der Waals surface area contributed by atoms with Crippen LogP contribution in [0.25, 0.3) is 6.08 Å². The van der Waals surface area contributed by atoms with Crippen LogP contribution in [-0.2, 0) is 23.1 Å². The number of aromatic nitrogens is 3. The zero-order valence-electron chi connectivity index (χ0n) is 13.5. The molecule has 2 aromatic carbocycles. The van der Waals surface area contributed by atoms with Gasteiger partial charge in [-0.1, -0.05) is 54.6 Å². The standard InChI is InChI=1S/C18H18N4O2S/c23-25(24,11-10-16-4-2-1-3-5-16)21-12-17-6-8-18(9-7-17)13-22-15-19-14-20-22/h1-11,14-15,21H,12-13H2/b11-10-. The lowest BCUT2D eigenvalue weighted by Gasteiger charge is -2.05. The lowest BCUT2D eigenvalue weighted by atomic mass is 10.1. The van der Waals surface area contributed by atoms with Gasteiger partial charge in [-0.25, -0.2) is 22.8 Å². The van der Waals surface area contributed by atoms with E-state index in [-0.39, 0.29) is 6.54 Å². The van der Waals surface area contributed by atoms with Crippen LogP contribution in [0.5, 0.6) is 0 Å². The van der Waals surface area contributed by atoms with Gasteiger partial charge < -0.3 is 0 Å². The number of nitrogens with zero attached hydrogens (tertiary/aromatic N) is 3. The summed E-state index contributed by atoms with van der Waals surface area (Å²) in [6.07, 6.45) is 4.72. The molecule has 25 heavy (non-hydrogen) atoms. The lowest BCUT2D eigenvalue weighted by Crippen LogP contribution is -2.20. The Morgan fingerprint density at radius 3 is 2.40 bits per heavy atom. The summed E-state index contributed by atoms with van der Waals surface area (Å²) in [5.74, 6) is 0. The molecule has 0 fully saturated rings. The minimum absolute atomic E-state index is 0.241. The highest BCUT2D eigenvalue weighted by atomic mass is 32.2. The molecule has 0 spiro atoms. The smallest absolute Gasteiger partial charge is 0.234 e. The number of hydrogen-bond donors (Lipinski definition) is 1. The lowest BCUT2D eigenvalue weighted by molar-refractivity contribution is 0.591. The third-order valence-corrected chi connectivity index (χ3v) is 4.59. The van der Waals surface area contributed by atoms with Crippen LogP contribution in [0.2, 0.25) is 0 Å². The average molecular weight is 354 g/mol. The Labute approximate surface area is 146 Å². The summed E-state index contributed by atoms with van der Waals surface area (Å²) in [7, 11) is -3.48. The fraction of sp³-hybridized carbons (Fsp3) is 0.111. The van der Waals surface area contributed by atoms with E-state index < -0.39 is 10.0 Å². The second-order valence-electron chi connectivity index (χ2n) is 5.49. The predicted octanol–water partition coefficient (Wildman–Crippen LogP) is 2.42. The molecule has 0 amide bonds. The van der Waals surface area contributed by atoms with E-state index in [1.165, 1.54) is 11.7 Å². The van der Waals surface area contributed by atoms with Gasteiger partial charge in [0.15, 0.2) is 0 Å². The number of nitrogens with one attached hydrogen (secondary N) is 1. The Morgan fingerprint density at radius 1 is 1.00 bits per heavy atom. The van der Waals surface area contributed by atoms with Gasteiger partial charge in [-0.2, -0.15) is 5.10 Å². The molecule has 0 radical (unpaired) electrons. The maximum Gasteiger partial charge on any atom is 0.234 e. The highest BCUT2D eigenvalue weighted by Gasteiger charge is 2.05. The van der Waals surface area contributed by atoms with Gasteiger partial charge in [-0.05, 0) is 22.8 Å². The summed E-state index contributed by atoms with van der Waals surface area (Å²) < 4.78 is 28.4. The minimum Gasteiger partial charge on any atom is -0.249 e. The maximum absolute atomic E-state index is 12.0. The SMILES string of the molecule is O=S(=O)(/C=C\c1ccccc1)NCc1ccc(Cn2cncn2)cc1. The average Bonchev–Trinajstić information content (AvgIpc) is 3.14. The molecular formula is C18H18N4O2S. The van der Waals surface area contributed by atoms with Crippen molar-refractivity contribution < 1.29 is 8.42 Å². The number of hydrogen-bond acceptors (Lipinski definition) is 4. The number of benzene rings is 2. The van der Waals surface area contributed by atoms with Gasteiger partial charge in [0.05, 0.1) is 6.54 Å². The van der Waals surface area contributed by atoms with Crippen molar-refractivity contribution in [3.8, 4) is 0 Å². The molecule has 0 aliphatic rings. The number of rotatable bonds is 7. The molecule has 128 valence electrons. The van der Waals surface area contributed by atoms with Crippen LogP contribution < -0.4 is 4.72 Å². The predicted molar refractivity (Wildman–Crippen MR) is 96.8 cm³/mol. The van der Waals surface area contributed by atoms with Crippen molar-refractivity contribution in [2.24, 2.45) is 0 Å². The Morgan fingerprint density at radius 2 is 1.72 bits per heavy atom. The van der Waals surface area contributed by atoms with E-state index in [4.69, 9.17) is 0 Å². The van der Waals surface area contributed by atoms with Crippen LogP contribution in [0.1, 0.15) is 16.7 Å². The monoisotopic (exact) mass is 354 g/mol. The van der Waals surface area contributed by atoms with Gasteiger partial charge in [0, 0.05) is 12.0 Å². The molecule has 1 aromatic heterocycles. The van der Waals surface area contributed by atoms with E-state index in [2.05, 4.69) is 14.8 Å². The Kier molecular flexibility index (Phi) is 5.37. The van der Waals surface area contributed by atoms with Crippen LogP contribution in [0, 0.1) is 0 Å². The van der Waals surface area contributed by atoms with Crippen LogP contribution in [-0.4, -0.2) is 23.2 Å². The summed E-state index contributed by atoms with van der Waals surface area (Å²) in [4.78, 5) is 3.90. The highest BCUT2D eigenvalue weighted by molar-refractivity contribution is 7.92. The first-order chi connectivity index (χ1) is 12.1. The Balaban J connectivity index is 1.56. The second kappa shape index (κ2) is 7.87. The molecule has 1 heterocycles. The van der Waals surface area contributed by atoms with Crippen molar-refractivity contribution in [2.45, 2.75) is 13.1 Å². The van der Waals surface area contributed by atoms with Crippen molar-refractivity contribution in [3.63, 3.8) is 0 Å². The molecule has 1 N–H and O–H groups in total. The van der Waals surface area contributed by atoms with E-state index >= 15 is 0 Å². The van der Waals surface area contributed by atoms with Gasteiger partial charge in [0.1, 0.15) is 12.7 Å². The topological polar surface area (TPSA) is 76.9 Å². The van der Waals surface area contributed by atoms with Gasteiger partial charge in [0.2, 0.25) is 10.0 Å². The Hall–Kier alpha value is -2.77. The van der Waals surface area contributed by atoms with Crippen LogP contribution in [0.3, 0.4) is 0 Å². The molecule has 3 aromatic rings. The summed E-state index contributed by atoms with van der Waals surface area (Å²) in [6.45, 7) is 0.872. The molecule has 3 rings (SSSR count). The molecular weight excluding hydrogens is 336 g/mol. The number of sulfonamides is 1. The summed E-state index contributed by atoms with van der Waals surface area (Å²) in [5, 5.41) is 5.24. The molecule has 0 unspecified atom stereocenters. The second-order valence-corrected chi connectivity index (χ2v) is 7.14. The quantitative estimate of drug-likeness (QED) is 0.707. The third kappa shape index (κ3) is 5.37. The van der Waals surface area contributed by atoms with Crippen LogP contribution >= 0.6 is 0 Å². The van der Waals surface area contributed by atoms with Crippen molar-refractivity contribution in [2.75, 3.05) is 0 Å². The molecule has 0 saturated carbocycles. The summed E-state index contributed by atoms with van der Waals surface area (Å²) in [6, 6.07) is 17.0.